The maximum absolute atomic E-state index is 13.3. The number of hydrogen-bond donors (Lipinski definition) is 2. The van der Waals surface area contributed by atoms with Crippen LogP contribution >= 0.6 is 11.6 Å². The highest BCUT2D eigenvalue weighted by atomic mass is 35.5. The van der Waals surface area contributed by atoms with Crippen molar-refractivity contribution in [3.63, 3.8) is 0 Å². The molecule has 0 saturated heterocycles. The lowest BCUT2D eigenvalue weighted by Crippen LogP contribution is -2.22. The lowest BCUT2D eigenvalue weighted by molar-refractivity contribution is -0.114. The average molecular weight is 315 g/mol. The summed E-state index contributed by atoms with van der Waals surface area (Å²) in [6.07, 6.45) is 0. The van der Waals surface area contributed by atoms with Crippen molar-refractivity contribution in [3.05, 3.63) is 58.9 Å². The molecular formula is C14H10ClF3N2O. The largest absolute Gasteiger partial charge is 0.374 e. The molecule has 0 heterocycles. The van der Waals surface area contributed by atoms with Crippen molar-refractivity contribution in [1.82, 2.24) is 0 Å². The number of carbonyl (C=O) groups is 1. The molecule has 7 heteroatoms. The van der Waals surface area contributed by atoms with Crippen molar-refractivity contribution in [2.75, 3.05) is 17.2 Å². The van der Waals surface area contributed by atoms with Crippen molar-refractivity contribution in [1.29, 1.82) is 0 Å². The van der Waals surface area contributed by atoms with E-state index in [2.05, 4.69) is 10.6 Å². The lowest BCUT2D eigenvalue weighted by atomic mass is 10.2. The fourth-order valence-corrected chi connectivity index (χ4v) is 1.77. The highest BCUT2D eigenvalue weighted by molar-refractivity contribution is 6.33. The van der Waals surface area contributed by atoms with Crippen LogP contribution in [0.3, 0.4) is 0 Å². The monoisotopic (exact) mass is 314 g/mol. The number of benzene rings is 2. The van der Waals surface area contributed by atoms with Crippen LogP contribution in [-0.2, 0) is 4.79 Å². The highest BCUT2D eigenvalue weighted by Gasteiger charge is 2.11. The van der Waals surface area contributed by atoms with Gasteiger partial charge in [0.25, 0.3) is 0 Å². The molecule has 0 bridgehead atoms. The standard InChI is InChI=1S/C14H10ClF3N2O/c15-8-3-1-2-4-12(8)20-14(21)7-19-13-6-10(17)9(16)5-11(13)18/h1-6,19H,7H2,(H,20,21). The Hall–Kier alpha value is -2.21. The van der Waals surface area contributed by atoms with E-state index in [-0.39, 0.29) is 12.2 Å². The molecule has 0 fully saturated rings. The Balaban J connectivity index is 1.99. The van der Waals surface area contributed by atoms with Gasteiger partial charge in [-0.05, 0) is 12.1 Å². The summed E-state index contributed by atoms with van der Waals surface area (Å²) >= 11 is 5.86. The maximum Gasteiger partial charge on any atom is 0.243 e. The van der Waals surface area contributed by atoms with E-state index in [4.69, 9.17) is 11.6 Å². The van der Waals surface area contributed by atoms with Gasteiger partial charge in [-0.15, -0.1) is 0 Å². The molecule has 0 aliphatic rings. The summed E-state index contributed by atoms with van der Waals surface area (Å²) in [7, 11) is 0. The van der Waals surface area contributed by atoms with E-state index in [0.717, 1.165) is 0 Å². The lowest BCUT2D eigenvalue weighted by Gasteiger charge is -2.10. The third-order valence-electron chi connectivity index (χ3n) is 2.60. The number of halogens is 4. The van der Waals surface area contributed by atoms with Gasteiger partial charge in [0, 0.05) is 12.1 Å². The second-order valence-electron chi connectivity index (χ2n) is 4.13. The van der Waals surface area contributed by atoms with Crippen molar-refractivity contribution in [3.8, 4) is 0 Å². The molecule has 21 heavy (non-hydrogen) atoms. The normalized spacial score (nSPS) is 10.3. The summed E-state index contributed by atoms with van der Waals surface area (Å²) in [5, 5.41) is 5.24. The molecule has 0 atom stereocenters. The number of carbonyl (C=O) groups excluding carboxylic acids is 1. The smallest absolute Gasteiger partial charge is 0.243 e. The van der Waals surface area contributed by atoms with Gasteiger partial charge in [0.2, 0.25) is 5.91 Å². The Morgan fingerprint density at radius 3 is 2.38 bits per heavy atom. The van der Waals surface area contributed by atoms with Crippen LogP contribution in [0.25, 0.3) is 0 Å². The molecule has 2 rings (SSSR count). The van der Waals surface area contributed by atoms with E-state index in [9.17, 15) is 18.0 Å². The van der Waals surface area contributed by atoms with Gasteiger partial charge in [-0.25, -0.2) is 13.2 Å². The van der Waals surface area contributed by atoms with Crippen molar-refractivity contribution >= 4 is 28.9 Å². The van der Waals surface area contributed by atoms with Gasteiger partial charge in [-0.2, -0.15) is 0 Å². The number of amides is 1. The fourth-order valence-electron chi connectivity index (χ4n) is 1.59. The quantitative estimate of drug-likeness (QED) is 0.843. The molecule has 0 spiro atoms. The molecule has 0 saturated carbocycles. The van der Waals surface area contributed by atoms with Crippen molar-refractivity contribution in [2.24, 2.45) is 0 Å². The molecule has 0 unspecified atom stereocenters. The second kappa shape index (κ2) is 6.49. The number of anilines is 2. The van der Waals surface area contributed by atoms with Gasteiger partial charge in [0.15, 0.2) is 11.6 Å². The molecule has 110 valence electrons. The zero-order valence-corrected chi connectivity index (χ0v) is 11.3. The van der Waals surface area contributed by atoms with Gasteiger partial charge in [-0.1, -0.05) is 23.7 Å². The number of rotatable bonds is 4. The summed E-state index contributed by atoms with van der Waals surface area (Å²) in [4.78, 5) is 11.7. The molecule has 0 aliphatic carbocycles. The molecule has 2 aromatic carbocycles. The van der Waals surface area contributed by atoms with Gasteiger partial charge in [0.1, 0.15) is 5.82 Å². The van der Waals surface area contributed by atoms with Gasteiger partial charge in [-0.3, -0.25) is 4.79 Å². The third-order valence-corrected chi connectivity index (χ3v) is 2.93. The predicted octanol–water partition coefficient (Wildman–Crippen LogP) is 3.81. The Morgan fingerprint density at radius 2 is 1.67 bits per heavy atom. The Bertz CT molecular complexity index is 679. The minimum Gasteiger partial charge on any atom is -0.374 e. The zero-order chi connectivity index (χ0) is 15.4. The molecule has 1 amide bonds. The summed E-state index contributed by atoms with van der Waals surface area (Å²) in [6, 6.07) is 7.63. The van der Waals surface area contributed by atoms with Crippen molar-refractivity contribution < 1.29 is 18.0 Å². The molecule has 2 N–H and O–H groups in total. The van der Waals surface area contributed by atoms with E-state index in [1.54, 1.807) is 24.3 Å². The molecule has 2 aromatic rings. The molecular weight excluding hydrogens is 305 g/mol. The number of para-hydroxylation sites is 1. The van der Waals surface area contributed by atoms with Crippen LogP contribution in [0.4, 0.5) is 24.5 Å². The first-order valence-corrected chi connectivity index (χ1v) is 6.28. The van der Waals surface area contributed by atoms with Crippen LogP contribution in [0.1, 0.15) is 0 Å². The van der Waals surface area contributed by atoms with Crippen molar-refractivity contribution in [2.45, 2.75) is 0 Å². The molecule has 0 aromatic heterocycles. The molecule has 3 nitrogen and oxygen atoms in total. The van der Waals surface area contributed by atoms with Crippen LogP contribution in [0.5, 0.6) is 0 Å². The maximum atomic E-state index is 13.3. The van der Waals surface area contributed by atoms with Crippen LogP contribution in [0.2, 0.25) is 5.02 Å². The van der Waals surface area contributed by atoms with Gasteiger partial charge >= 0.3 is 0 Å². The van der Waals surface area contributed by atoms with Gasteiger partial charge < -0.3 is 10.6 Å². The molecule has 0 radical (unpaired) electrons. The van der Waals surface area contributed by atoms with Crippen LogP contribution in [0.15, 0.2) is 36.4 Å². The first kappa shape index (κ1) is 15.2. The second-order valence-corrected chi connectivity index (χ2v) is 4.53. The first-order valence-electron chi connectivity index (χ1n) is 5.90. The summed E-state index contributed by atoms with van der Waals surface area (Å²) < 4.78 is 39.1. The van der Waals surface area contributed by atoms with Crippen LogP contribution in [0, 0.1) is 17.5 Å². The Kier molecular flexibility index (Phi) is 4.70. The predicted molar refractivity (Wildman–Crippen MR) is 74.9 cm³/mol. The number of hydrogen-bond acceptors (Lipinski definition) is 2. The summed E-state index contributed by atoms with van der Waals surface area (Å²) in [5.41, 5.74) is 0.0972. The van der Waals surface area contributed by atoms with E-state index in [1.165, 1.54) is 0 Å². The first-order chi connectivity index (χ1) is 9.97. The summed E-state index contributed by atoms with van der Waals surface area (Å²) in [6.45, 7) is -0.326. The third kappa shape index (κ3) is 3.88. The average Bonchev–Trinajstić information content (AvgIpc) is 2.44. The minimum atomic E-state index is -1.29. The Morgan fingerprint density at radius 1 is 1.00 bits per heavy atom. The SMILES string of the molecule is O=C(CNc1cc(F)c(F)cc1F)Nc1ccccc1Cl. The number of nitrogens with one attached hydrogen (secondary N) is 2. The Labute approximate surface area is 123 Å². The highest BCUT2D eigenvalue weighted by Crippen LogP contribution is 2.21. The minimum absolute atomic E-state index is 0.303. The van der Waals surface area contributed by atoms with E-state index in [0.29, 0.717) is 22.8 Å². The fraction of sp³-hybridized carbons (Fsp3) is 0.0714. The van der Waals surface area contributed by atoms with Crippen LogP contribution in [-0.4, -0.2) is 12.5 Å². The van der Waals surface area contributed by atoms with E-state index >= 15 is 0 Å². The van der Waals surface area contributed by atoms with E-state index in [1.807, 2.05) is 0 Å². The topological polar surface area (TPSA) is 41.1 Å². The van der Waals surface area contributed by atoms with E-state index < -0.39 is 23.4 Å². The summed E-state index contributed by atoms with van der Waals surface area (Å²) in [5.74, 6) is -3.99. The van der Waals surface area contributed by atoms with Crippen LogP contribution < -0.4 is 10.6 Å². The molecule has 0 aliphatic heterocycles. The zero-order valence-electron chi connectivity index (χ0n) is 10.6. The van der Waals surface area contributed by atoms with Gasteiger partial charge in [0.05, 0.1) is 22.9 Å².